The third-order valence-electron chi connectivity index (χ3n) is 4.34. The van der Waals surface area contributed by atoms with Gasteiger partial charge in [-0.25, -0.2) is 0 Å². The number of nitrogens with zero attached hydrogens (tertiary/aromatic N) is 1. The standard InChI is InChI=1S/C19H30N4O3/c1-4-26-16-11-10-15(12-17(16)25-3)23-19(20-2)21-13-18(24)22-14-8-6-5-7-9-14/h10-12,14H,4-9,13H2,1-3H3,(H,22,24)(H2,20,21,23). The van der Waals surface area contributed by atoms with Crippen LogP contribution < -0.4 is 25.4 Å². The summed E-state index contributed by atoms with van der Waals surface area (Å²) in [7, 11) is 3.27. The fourth-order valence-electron chi connectivity index (χ4n) is 3.03. The number of rotatable bonds is 7. The first-order valence-electron chi connectivity index (χ1n) is 9.24. The molecule has 144 valence electrons. The third-order valence-corrected chi connectivity index (χ3v) is 4.34. The van der Waals surface area contributed by atoms with Gasteiger partial charge in [0.25, 0.3) is 0 Å². The summed E-state index contributed by atoms with van der Waals surface area (Å²) in [5, 5.41) is 9.28. The molecule has 0 heterocycles. The topological polar surface area (TPSA) is 84.0 Å². The zero-order valence-corrected chi connectivity index (χ0v) is 15.9. The van der Waals surface area contributed by atoms with E-state index in [1.807, 2.05) is 25.1 Å². The number of benzene rings is 1. The van der Waals surface area contributed by atoms with E-state index in [0.717, 1.165) is 18.5 Å². The molecule has 3 N–H and O–H groups in total. The molecular weight excluding hydrogens is 332 g/mol. The molecule has 26 heavy (non-hydrogen) atoms. The SMILES string of the molecule is CCOc1ccc(NC(=NC)NCC(=O)NC2CCCCC2)cc1OC. The van der Waals surface area contributed by atoms with E-state index in [4.69, 9.17) is 9.47 Å². The van der Waals surface area contributed by atoms with Gasteiger partial charge in [0.1, 0.15) is 0 Å². The minimum atomic E-state index is -0.0101. The largest absolute Gasteiger partial charge is 0.493 e. The Labute approximate surface area is 155 Å². The molecule has 1 aliphatic carbocycles. The predicted molar refractivity (Wildman–Crippen MR) is 104 cm³/mol. The van der Waals surface area contributed by atoms with Crippen LogP contribution in [0.5, 0.6) is 11.5 Å². The lowest BCUT2D eigenvalue weighted by molar-refractivity contribution is -0.120. The van der Waals surface area contributed by atoms with Crippen LogP contribution in [0.3, 0.4) is 0 Å². The van der Waals surface area contributed by atoms with Gasteiger partial charge in [-0.05, 0) is 31.9 Å². The van der Waals surface area contributed by atoms with Gasteiger partial charge in [-0.15, -0.1) is 0 Å². The molecule has 0 bridgehead atoms. The minimum Gasteiger partial charge on any atom is -0.493 e. The van der Waals surface area contributed by atoms with Gasteiger partial charge in [-0.3, -0.25) is 9.79 Å². The Morgan fingerprint density at radius 1 is 1.23 bits per heavy atom. The van der Waals surface area contributed by atoms with Gasteiger partial charge in [0.05, 0.1) is 20.3 Å². The fourth-order valence-corrected chi connectivity index (χ4v) is 3.03. The van der Waals surface area contributed by atoms with Crippen LogP contribution >= 0.6 is 0 Å². The van der Waals surface area contributed by atoms with Crippen LogP contribution in [0.15, 0.2) is 23.2 Å². The lowest BCUT2D eigenvalue weighted by Crippen LogP contribution is -2.44. The van der Waals surface area contributed by atoms with Crippen molar-refractivity contribution in [3.8, 4) is 11.5 Å². The number of methoxy groups -OCH3 is 1. The molecule has 0 atom stereocenters. The van der Waals surface area contributed by atoms with Crippen LogP contribution in [-0.2, 0) is 4.79 Å². The van der Waals surface area contributed by atoms with E-state index < -0.39 is 0 Å². The van der Waals surface area contributed by atoms with E-state index in [1.165, 1.54) is 19.3 Å². The maximum atomic E-state index is 12.1. The van der Waals surface area contributed by atoms with Gasteiger partial charge < -0.3 is 25.4 Å². The zero-order chi connectivity index (χ0) is 18.8. The number of carbonyl (C=O) groups excluding carboxylic acids is 1. The molecule has 0 saturated heterocycles. The van der Waals surface area contributed by atoms with Crippen molar-refractivity contribution in [2.45, 2.75) is 45.1 Å². The molecule has 2 rings (SSSR count). The van der Waals surface area contributed by atoms with Crippen molar-refractivity contribution in [3.63, 3.8) is 0 Å². The summed E-state index contributed by atoms with van der Waals surface area (Å²) in [6.07, 6.45) is 5.81. The van der Waals surface area contributed by atoms with Gasteiger partial charge in [0.2, 0.25) is 5.91 Å². The van der Waals surface area contributed by atoms with Gasteiger partial charge >= 0.3 is 0 Å². The summed E-state index contributed by atoms with van der Waals surface area (Å²) in [4.78, 5) is 16.3. The highest BCUT2D eigenvalue weighted by Gasteiger charge is 2.15. The van der Waals surface area contributed by atoms with Crippen LogP contribution in [0.25, 0.3) is 0 Å². The Bertz CT molecular complexity index is 613. The first kappa shape index (κ1) is 19.9. The molecule has 0 aromatic heterocycles. The second kappa shape index (κ2) is 10.5. The monoisotopic (exact) mass is 362 g/mol. The van der Waals surface area contributed by atoms with E-state index >= 15 is 0 Å². The van der Waals surface area contributed by atoms with E-state index in [2.05, 4.69) is 20.9 Å². The minimum absolute atomic E-state index is 0.0101. The maximum Gasteiger partial charge on any atom is 0.239 e. The quantitative estimate of drug-likeness (QED) is 0.513. The lowest BCUT2D eigenvalue weighted by atomic mass is 9.95. The molecule has 0 spiro atoms. The zero-order valence-electron chi connectivity index (χ0n) is 15.9. The van der Waals surface area contributed by atoms with Crippen molar-refractivity contribution in [2.75, 3.05) is 32.6 Å². The number of ether oxygens (including phenoxy) is 2. The van der Waals surface area contributed by atoms with Gasteiger partial charge in [-0.1, -0.05) is 19.3 Å². The number of nitrogens with one attached hydrogen (secondary N) is 3. The number of carbonyl (C=O) groups is 1. The summed E-state index contributed by atoms with van der Waals surface area (Å²) < 4.78 is 10.9. The first-order chi connectivity index (χ1) is 12.7. The van der Waals surface area contributed by atoms with E-state index in [0.29, 0.717) is 30.1 Å². The molecule has 0 radical (unpaired) electrons. The molecular formula is C19H30N4O3. The summed E-state index contributed by atoms with van der Waals surface area (Å²) in [5.41, 5.74) is 0.797. The fraction of sp³-hybridized carbons (Fsp3) is 0.579. The molecule has 0 unspecified atom stereocenters. The van der Waals surface area contributed by atoms with Crippen LogP contribution in [-0.4, -0.2) is 45.2 Å². The smallest absolute Gasteiger partial charge is 0.239 e. The van der Waals surface area contributed by atoms with Crippen molar-refractivity contribution in [2.24, 2.45) is 4.99 Å². The average molecular weight is 362 g/mol. The van der Waals surface area contributed by atoms with Crippen molar-refractivity contribution < 1.29 is 14.3 Å². The molecule has 1 aliphatic rings. The molecule has 1 saturated carbocycles. The average Bonchev–Trinajstić information content (AvgIpc) is 2.67. The van der Waals surface area contributed by atoms with Crippen LogP contribution in [0.4, 0.5) is 5.69 Å². The van der Waals surface area contributed by atoms with E-state index in [1.54, 1.807) is 14.2 Å². The van der Waals surface area contributed by atoms with Crippen LogP contribution in [0.1, 0.15) is 39.0 Å². The second-order valence-electron chi connectivity index (χ2n) is 6.25. The molecule has 1 aromatic rings. The maximum absolute atomic E-state index is 12.1. The van der Waals surface area contributed by atoms with Crippen LogP contribution in [0, 0.1) is 0 Å². The predicted octanol–water partition coefficient (Wildman–Crippen LogP) is 2.53. The molecule has 1 fully saturated rings. The number of anilines is 1. The number of hydrogen-bond acceptors (Lipinski definition) is 4. The van der Waals surface area contributed by atoms with Gasteiger partial charge in [-0.2, -0.15) is 0 Å². The Morgan fingerprint density at radius 3 is 2.65 bits per heavy atom. The Kier molecular flexibility index (Phi) is 8.05. The highest BCUT2D eigenvalue weighted by Crippen LogP contribution is 2.30. The Morgan fingerprint density at radius 2 is 2.00 bits per heavy atom. The Hall–Kier alpha value is -2.44. The normalized spacial score (nSPS) is 15.3. The lowest BCUT2D eigenvalue weighted by Gasteiger charge is -2.23. The molecule has 1 aromatic carbocycles. The Balaban J connectivity index is 1.85. The highest BCUT2D eigenvalue weighted by atomic mass is 16.5. The van der Waals surface area contributed by atoms with E-state index in [9.17, 15) is 4.79 Å². The number of guanidine groups is 1. The van der Waals surface area contributed by atoms with Crippen molar-refractivity contribution >= 4 is 17.6 Å². The number of aliphatic imine (C=N–C) groups is 1. The summed E-state index contributed by atoms with van der Waals surface area (Å²) in [5.74, 6) is 1.84. The van der Waals surface area contributed by atoms with Crippen LogP contribution in [0.2, 0.25) is 0 Å². The van der Waals surface area contributed by atoms with Crippen molar-refractivity contribution in [3.05, 3.63) is 18.2 Å². The third kappa shape index (κ3) is 6.13. The van der Waals surface area contributed by atoms with Gasteiger partial charge in [0.15, 0.2) is 17.5 Å². The summed E-state index contributed by atoms with van der Waals surface area (Å²) in [6.45, 7) is 2.68. The van der Waals surface area contributed by atoms with Crippen molar-refractivity contribution in [1.82, 2.24) is 10.6 Å². The molecule has 0 aliphatic heterocycles. The summed E-state index contributed by atoms with van der Waals surface area (Å²) >= 11 is 0. The molecule has 7 nitrogen and oxygen atoms in total. The second-order valence-corrected chi connectivity index (χ2v) is 6.25. The number of amides is 1. The first-order valence-corrected chi connectivity index (χ1v) is 9.24. The van der Waals surface area contributed by atoms with Crippen molar-refractivity contribution in [1.29, 1.82) is 0 Å². The van der Waals surface area contributed by atoms with E-state index in [-0.39, 0.29) is 12.5 Å². The summed E-state index contributed by atoms with van der Waals surface area (Å²) in [6, 6.07) is 5.86. The molecule has 7 heteroatoms. The van der Waals surface area contributed by atoms with Gasteiger partial charge in [0, 0.05) is 24.8 Å². The highest BCUT2D eigenvalue weighted by molar-refractivity contribution is 5.96. The number of hydrogen-bond donors (Lipinski definition) is 3. The molecule has 1 amide bonds.